The van der Waals surface area contributed by atoms with Crippen LogP contribution in [0, 0.1) is 13.8 Å². The number of aromatic nitrogens is 2. The highest BCUT2D eigenvalue weighted by Crippen LogP contribution is 2.12. The van der Waals surface area contributed by atoms with Gasteiger partial charge in [-0.2, -0.15) is 0 Å². The first-order chi connectivity index (χ1) is 8.15. The van der Waals surface area contributed by atoms with Crippen LogP contribution in [0.25, 0.3) is 0 Å². The third-order valence-electron chi connectivity index (χ3n) is 2.49. The number of nitrogens with one attached hydrogen (secondary N) is 1. The molecule has 0 saturated heterocycles. The molecule has 0 bridgehead atoms. The Kier molecular flexibility index (Phi) is 3.23. The molecule has 0 amide bonds. The molecule has 0 aliphatic carbocycles. The fraction of sp³-hybridized carbons (Fsp3) is 0.231. The summed E-state index contributed by atoms with van der Waals surface area (Å²) in [5.74, 6) is 0.826. The Morgan fingerprint density at radius 2 is 2.12 bits per heavy atom. The van der Waals surface area contributed by atoms with Gasteiger partial charge in [-0.05, 0) is 31.5 Å². The van der Waals surface area contributed by atoms with Crippen molar-refractivity contribution in [1.82, 2.24) is 9.97 Å². The quantitative estimate of drug-likeness (QED) is 0.791. The van der Waals surface area contributed by atoms with Gasteiger partial charge in [0, 0.05) is 18.4 Å². The van der Waals surface area contributed by atoms with Crippen LogP contribution >= 0.6 is 0 Å². The third-order valence-corrected chi connectivity index (χ3v) is 2.49. The first-order valence-electron chi connectivity index (χ1n) is 5.53. The van der Waals surface area contributed by atoms with Gasteiger partial charge in [-0.1, -0.05) is 12.1 Å². The maximum Gasteiger partial charge on any atom is 0.148 e. The number of nitrogens with two attached hydrogens (primary N) is 1. The van der Waals surface area contributed by atoms with Crippen LogP contribution in [-0.2, 0) is 6.54 Å². The molecule has 4 heteroatoms. The molecule has 1 heterocycles. The predicted octanol–water partition coefficient (Wildman–Crippen LogP) is 2.29. The molecule has 0 unspecified atom stereocenters. The molecule has 0 aliphatic heterocycles. The third kappa shape index (κ3) is 2.93. The van der Waals surface area contributed by atoms with Gasteiger partial charge >= 0.3 is 0 Å². The average molecular weight is 228 g/mol. The molecule has 0 aliphatic rings. The van der Waals surface area contributed by atoms with Crippen LogP contribution in [-0.4, -0.2) is 9.97 Å². The lowest BCUT2D eigenvalue weighted by atomic mass is 10.2. The van der Waals surface area contributed by atoms with E-state index in [2.05, 4.69) is 15.3 Å². The lowest BCUT2D eigenvalue weighted by Crippen LogP contribution is -2.05. The van der Waals surface area contributed by atoms with Gasteiger partial charge in [0.05, 0.1) is 11.4 Å². The van der Waals surface area contributed by atoms with Crippen LogP contribution in [0.5, 0.6) is 0 Å². The van der Waals surface area contributed by atoms with E-state index in [1.54, 1.807) is 6.20 Å². The monoisotopic (exact) mass is 228 g/mol. The highest BCUT2D eigenvalue weighted by molar-refractivity contribution is 5.44. The Morgan fingerprint density at radius 3 is 2.88 bits per heavy atom. The van der Waals surface area contributed by atoms with E-state index < -0.39 is 0 Å². The van der Waals surface area contributed by atoms with Gasteiger partial charge in [-0.3, -0.25) is 4.98 Å². The van der Waals surface area contributed by atoms with Crippen molar-refractivity contribution in [1.29, 1.82) is 0 Å². The van der Waals surface area contributed by atoms with Crippen molar-refractivity contribution in [3.63, 3.8) is 0 Å². The van der Waals surface area contributed by atoms with E-state index in [9.17, 15) is 0 Å². The van der Waals surface area contributed by atoms with Gasteiger partial charge in [0.25, 0.3) is 0 Å². The molecule has 17 heavy (non-hydrogen) atoms. The highest BCUT2D eigenvalue weighted by atomic mass is 15.0. The molecule has 2 aromatic rings. The zero-order chi connectivity index (χ0) is 12.3. The van der Waals surface area contributed by atoms with Crippen LogP contribution in [0.1, 0.15) is 17.0 Å². The van der Waals surface area contributed by atoms with Crippen LogP contribution in [0.15, 0.2) is 30.5 Å². The second-order valence-electron chi connectivity index (χ2n) is 4.04. The van der Waals surface area contributed by atoms with E-state index >= 15 is 0 Å². The summed E-state index contributed by atoms with van der Waals surface area (Å²) < 4.78 is 0. The van der Waals surface area contributed by atoms with Gasteiger partial charge in [0.2, 0.25) is 0 Å². The van der Waals surface area contributed by atoms with Crippen LogP contribution in [0.4, 0.5) is 11.5 Å². The summed E-state index contributed by atoms with van der Waals surface area (Å²) in [5.41, 5.74) is 9.44. The zero-order valence-electron chi connectivity index (χ0n) is 10.1. The molecule has 4 nitrogen and oxygen atoms in total. The molecule has 0 saturated carbocycles. The first-order valence-corrected chi connectivity index (χ1v) is 5.53. The van der Waals surface area contributed by atoms with Gasteiger partial charge in [0.15, 0.2) is 0 Å². The van der Waals surface area contributed by atoms with Crippen molar-refractivity contribution in [2.75, 3.05) is 11.1 Å². The maximum absolute atomic E-state index is 5.73. The summed E-state index contributed by atoms with van der Waals surface area (Å²) in [6.07, 6.45) is 1.76. The van der Waals surface area contributed by atoms with Crippen LogP contribution < -0.4 is 11.1 Å². The SMILES string of the molecule is Cc1cnc(C)c(NCc2cccc(N)c2)n1. The standard InChI is InChI=1S/C13H16N4/c1-9-7-15-10(2)13(17-9)16-8-11-4-3-5-12(14)6-11/h3-7H,8,14H2,1-2H3,(H,16,17). The van der Waals surface area contributed by atoms with Gasteiger partial charge in [0.1, 0.15) is 5.82 Å². The molecule has 88 valence electrons. The molecular weight excluding hydrogens is 212 g/mol. The van der Waals surface area contributed by atoms with E-state index in [1.807, 2.05) is 38.1 Å². The fourth-order valence-corrected chi connectivity index (χ4v) is 1.59. The van der Waals surface area contributed by atoms with Crippen molar-refractivity contribution < 1.29 is 0 Å². The molecule has 1 aromatic heterocycles. The zero-order valence-corrected chi connectivity index (χ0v) is 10.1. The fourth-order valence-electron chi connectivity index (χ4n) is 1.59. The maximum atomic E-state index is 5.73. The number of rotatable bonds is 3. The minimum Gasteiger partial charge on any atom is -0.399 e. The summed E-state index contributed by atoms with van der Waals surface area (Å²) in [5, 5.41) is 3.27. The number of benzene rings is 1. The molecular formula is C13H16N4. The Morgan fingerprint density at radius 1 is 1.29 bits per heavy atom. The summed E-state index contributed by atoms with van der Waals surface area (Å²) in [6.45, 7) is 4.57. The molecule has 0 atom stereocenters. The second kappa shape index (κ2) is 4.82. The number of anilines is 2. The minimum absolute atomic E-state index is 0.698. The normalized spacial score (nSPS) is 10.2. The van der Waals surface area contributed by atoms with Crippen LogP contribution in [0.2, 0.25) is 0 Å². The Bertz CT molecular complexity index is 523. The van der Waals surface area contributed by atoms with Crippen molar-refractivity contribution in [3.8, 4) is 0 Å². The summed E-state index contributed by atoms with van der Waals surface area (Å²) in [6, 6.07) is 7.80. The minimum atomic E-state index is 0.698. The van der Waals surface area contributed by atoms with Gasteiger partial charge < -0.3 is 11.1 Å². The lowest BCUT2D eigenvalue weighted by Gasteiger charge is -2.09. The first kappa shape index (κ1) is 11.4. The van der Waals surface area contributed by atoms with Gasteiger partial charge in [-0.25, -0.2) is 4.98 Å². The van der Waals surface area contributed by atoms with E-state index in [1.165, 1.54) is 0 Å². The van der Waals surface area contributed by atoms with Crippen LogP contribution in [0.3, 0.4) is 0 Å². The molecule has 0 fully saturated rings. The number of hydrogen-bond donors (Lipinski definition) is 2. The number of hydrogen-bond acceptors (Lipinski definition) is 4. The van der Waals surface area contributed by atoms with Crippen molar-refractivity contribution >= 4 is 11.5 Å². The topological polar surface area (TPSA) is 63.8 Å². The summed E-state index contributed by atoms with van der Waals surface area (Å²) in [7, 11) is 0. The molecule has 2 rings (SSSR count). The van der Waals surface area contributed by atoms with E-state index in [4.69, 9.17) is 5.73 Å². The Balaban J connectivity index is 2.09. The molecule has 3 N–H and O–H groups in total. The summed E-state index contributed by atoms with van der Waals surface area (Å²) >= 11 is 0. The van der Waals surface area contributed by atoms with E-state index in [0.717, 1.165) is 28.5 Å². The number of aryl methyl sites for hydroxylation is 2. The number of nitrogens with zero attached hydrogens (tertiary/aromatic N) is 2. The van der Waals surface area contributed by atoms with E-state index in [-0.39, 0.29) is 0 Å². The predicted molar refractivity (Wildman–Crippen MR) is 69.7 cm³/mol. The van der Waals surface area contributed by atoms with Gasteiger partial charge in [-0.15, -0.1) is 0 Å². The highest BCUT2D eigenvalue weighted by Gasteiger charge is 2.01. The second-order valence-corrected chi connectivity index (χ2v) is 4.04. The Labute approximate surface area is 101 Å². The van der Waals surface area contributed by atoms with Crippen molar-refractivity contribution in [2.45, 2.75) is 20.4 Å². The molecule has 0 radical (unpaired) electrons. The van der Waals surface area contributed by atoms with Crippen molar-refractivity contribution in [3.05, 3.63) is 47.4 Å². The molecule has 0 spiro atoms. The summed E-state index contributed by atoms with van der Waals surface area (Å²) in [4.78, 5) is 8.66. The smallest absolute Gasteiger partial charge is 0.148 e. The largest absolute Gasteiger partial charge is 0.399 e. The Hall–Kier alpha value is -2.10. The average Bonchev–Trinajstić information content (AvgIpc) is 2.30. The van der Waals surface area contributed by atoms with Crippen molar-refractivity contribution in [2.24, 2.45) is 0 Å². The van der Waals surface area contributed by atoms with E-state index in [0.29, 0.717) is 6.54 Å². The number of nitrogen functional groups attached to an aromatic ring is 1. The lowest BCUT2D eigenvalue weighted by molar-refractivity contribution is 1.02. The molecule has 1 aromatic carbocycles.